The number of hydrogen-bond donors (Lipinski definition) is 2. The van der Waals surface area contributed by atoms with Crippen molar-refractivity contribution in [2.24, 2.45) is 0 Å². The monoisotopic (exact) mass is 498 g/mol. The maximum atomic E-state index is 13.7. The van der Waals surface area contributed by atoms with Gasteiger partial charge in [-0.15, -0.1) is 0 Å². The molecule has 1 atom stereocenters. The second kappa shape index (κ2) is 8.92. The van der Waals surface area contributed by atoms with E-state index >= 15 is 0 Å². The second-order valence-electron chi connectivity index (χ2n) is 8.99. The van der Waals surface area contributed by atoms with Gasteiger partial charge in [0, 0.05) is 72.5 Å². The molecule has 2 aromatic carbocycles. The van der Waals surface area contributed by atoms with Crippen LogP contribution < -0.4 is 15.5 Å². The van der Waals surface area contributed by atoms with Crippen LogP contribution >= 0.6 is 0 Å². The summed E-state index contributed by atoms with van der Waals surface area (Å²) in [5.74, 6) is 0.567. The highest BCUT2D eigenvalue weighted by Crippen LogP contribution is 2.29. The Bertz CT molecular complexity index is 1660. The molecule has 1 fully saturated rings. The zero-order chi connectivity index (χ0) is 24.7. The summed E-state index contributed by atoms with van der Waals surface area (Å²) in [6.07, 6.45) is 4.85. The number of benzene rings is 2. The first-order valence-corrected chi connectivity index (χ1v) is 13.4. The Labute approximate surface area is 209 Å². The summed E-state index contributed by atoms with van der Waals surface area (Å²) in [6, 6.07) is 21.0. The van der Waals surface area contributed by atoms with Crippen LogP contribution in [0, 0.1) is 0 Å². The minimum atomic E-state index is -3.87. The summed E-state index contributed by atoms with van der Waals surface area (Å²) < 4.78 is 28.7. The number of hydrogen-bond acceptors (Lipinski definition) is 7. The second-order valence-corrected chi connectivity index (χ2v) is 10.8. The minimum Gasteiger partial charge on any atom is -0.366 e. The van der Waals surface area contributed by atoms with Crippen molar-refractivity contribution in [1.82, 2.24) is 19.3 Å². The van der Waals surface area contributed by atoms with E-state index in [4.69, 9.17) is 0 Å². The van der Waals surface area contributed by atoms with Gasteiger partial charge in [-0.3, -0.25) is 4.98 Å². The molecule has 0 bridgehead atoms. The summed E-state index contributed by atoms with van der Waals surface area (Å²) >= 11 is 0. The third-order valence-corrected chi connectivity index (χ3v) is 8.37. The van der Waals surface area contributed by atoms with Crippen molar-refractivity contribution in [3.05, 3.63) is 85.3 Å². The lowest BCUT2D eigenvalue weighted by Gasteiger charge is -2.36. The van der Waals surface area contributed by atoms with Gasteiger partial charge in [0.1, 0.15) is 10.7 Å². The fourth-order valence-electron chi connectivity index (χ4n) is 4.78. The molecule has 9 heteroatoms. The maximum absolute atomic E-state index is 13.7. The van der Waals surface area contributed by atoms with Gasteiger partial charge < -0.3 is 15.5 Å². The van der Waals surface area contributed by atoms with Gasteiger partial charge in [0.15, 0.2) is 0 Å². The van der Waals surface area contributed by atoms with Crippen LogP contribution in [-0.4, -0.2) is 48.0 Å². The van der Waals surface area contributed by atoms with Gasteiger partial charge in [0.05, 0.1) is 11.0 Å². The van der Waals surface area contributed by atoms with Crippen molar-refractivity contribution in [1.29, 1.82) is 0 Å². The van der Waals surface area contributed by atoms with Gasteiger partial charge in [0.2, 0.25) is 0 Å². The van der Waals surface area contributed by atoms with Crippen LogP contribution in [0.5, 0.6) is 0 Å². The third-order valence-electron chi connectivity index (χ3n) is 6.64. The fraction of sp³-hybridized carbons (Fsp3) is 0.185. The van der Waals surface area contributed by atoms with E-state index in [1.807, 2.05) is 24.3 Å². The van der Waals surface area contributed by atoms with E-state index in [9.17, 15) is 8.42 Å². The molecule has 0 spiro atoms. The number of fused-ring (bicyclic) bond motifs is 2. The summed E-state index contributed by atoms with van der Waals surface area (Å²) in [5.41, 5.74) is 3.06. The summed E-state index contributed by atoms with van der Waals surface area (Å²) in [5, 5.41) is 8.24. The predicted octanol–water partition coefficient (Wildman–Crippen LogP) is 4.36. The number of rotatable bonds is 5. The van der Waals surface area contributed by atoms with Gasteiger partial charge in [-0.2, -0.15) is 0 Å². The molecule has 2 N–H and O–H groups in total. The number of nitrogens with one attached hydrogen (secondary N) is 2. The van der Waals surface area contributed by atoms with Crippen LogP contribution in [-0.2, 0) is 10.0 Å². The van der Waals surface area contributed by atoms with E-state index in [2.05, 4.69) is 44.6 Å². The highest BCUT2D eigenvalue weighted by atomic mass is 32.2. The maximum Gasteiger partial charge on any atom is 0.270 e. The topological polar surface area (TPSA) is 92.2 Å². The minimum absolute atomic E-state index is 0.169. The molecular weight excluding hydrogens is 472 g/mol. The van der Waals surface area contributed by atoms with Crippen LogP contribution in [0.2, 0.25) is 0 Å². The van der Waals surface area contributed by atoms with Gasteiger partial charge >= 0.3 is 0 Å². The molecular formula is C27H26N6O2S. The lowest BCUT2D eigenvalue weighted by atomic mass is 10.1. The van der Waals surface area contributed by atoms with E-state index < -0.39 is 10.0 Å². The molecule has 4 heterocycles. The number of piperazine rings is 1. The molecule has 1 aliphatic heterocycles. The van der Waals surface area contributed by atoms with Crippen molar-refractivity contribution >= 4 is 49.0 Å². The normalized spacial score (nSPS) is 16.5. The van der Waals surface area contributed by atoms with Crippen LogP contribution in [0.25, 0.3) is 21.8 Å². The lowest BCUT2D eigenvalue weighted by molar-refractivity contribution is 0.501. The van der Waals surface area contributed by atoms with Crippen LogP contribution in [0.3, 0.4) is 0 Å². The molecule has 0 aliphatic carbocycles. The quantitative estimate of drug-likeness (QED) is 0.372. The Balaban J connectivity index is 1.32. The number of para-hydroxylation sites is 1. The van der Waals surface area contributed by atoms with E-state index in [-0.39, 0.29) is 4.90 Å². The number of aromatic nitrogens is 3. The number of anilines is 3. The predicted molar refractivity (Wildman–Crippen MR) is 143 cm³/mol. The van der Waals surface area contributed by atoms with E-state index in [0.717, 1.165) is 36.1 Å². The van der Waals surface area contributed by atoms with Gasteiger partial charge in [-0.1, -0.05) is 18.2 Å². The van der Waals surface area contributed by atoms with E-state index in [1.165, 1.54) is 9.66 Å². The SMILES string of the molecule is C[C@@H]1CNCCN1c1ccc(Nc2cc3c(ccn3S(=O)(=O)c3cccc4cccnc34)cn2)cc1. The van der Waals surface area contributed by atoms with Crippen LogP contribution in [0.4, 0.5) is 17.2 Å². The molecule has 0 saturated carbocycles. The molecule has 3 aromatic heterocycles. The molecule has 1 saturated heterocycles. The molecule has 8 nitrogen and oxygen atoms in total. The highest BCUT2D eigenvalue weighted by Gasteiger charge is 2.23. The standard InChI is InChI=1S/C27H26N6O2S/c1-19-17-28-13-15-32(19)23-9-7-22(8-10-23)31-26-16-24-21(18-30-26)11-14-33(24)36(34,35)25-6-2-4-20-5-3-12-29-27(20)25/h2-12,14,16,18-19,28H,13,15,17H2,1H3,(H,30,31)/t19-/m1/s1. The number of nitrogens with zero attached hydrogens (tertiary/aromatic N) is 4. The Hall–Kier alpha value is -3.95. The van der Waals surface area contributed by atoms with Gasteiger partial charge in [0.25, 0.3) is 10.0 Å². The zero-order valence-corrected chi connectivity index (χ0v) is 20.6. The van der Waals surface area contributed by atoms with Crippen molar-refractivity contribution < 1.29 is 8.42 Å². The Morgan fingerprint density at radius 2 is 1.83 bits per heavy atom. The average Bonchev–Trinajstić information content (AvgIpc) is 3.33. The molecule has 0 amide bonds. The van der Waals surface area contributed by atoms with Gasteiger partial charge in [-0.25, -0.2) is 17.4 Å². The fourth-order valence-corrected chi connectivity index (χ4v) is 6.30. The first-order chi connectivity index (χ1) is 17.5. The van der Waals surface area contributed by atoms with E-state index in [1.54, 1.807) is 48.9 Å². The van der Waals surface area contributed by atoms with Crippen LogP contribution in [0.1, 0.15) is 6.92 Å². The molecule has 36 heavy (non-hydrogen) atoms. The summed E-state index contributed by atoms with van der Waals surface area (Å²) in [4.78, 5) is 11.4. The molecule has 0 radical (unpaired) electrons. The van der Waals surface area contributed by atoms with Crippen molar-refractivity contribution in [3.8, 4) is 0 Å². The summed E-state index contributed by atoms with van der Waals surface area (Å²) in [6.45, 7) is 5.14. The van der Waals surface area contributed by atoms with Crippen molar-refractivity contribution in [2.45, 2.75) is 17.9 Å². The molecule has 1 aliphatic rings. The van der Waals surface area contributed by atoms with E-state index in [0.29, 0.717) is 22.9 Å². The Morgan fingerprint density at radius 3 is 2.67 bits per heavy atom. The molecule has 5 aromatic rings. The number of pyridine rings is 2. The first-order valence-electron chi connectivity index (χ1n) is 11.9. The smallest absolute Gasteiger partial charge is 0.270 e. The highest BCUT2D eigenvalue weighted by molar-refractivity contribution is 7.90. The van der Waals surface area contributed by atoms with Gasteiger partial charge in [-0.05, 0) is 49.4 Å². The van der Waals surface area contributed by atoms with Crippen LogP contribution in [0.15, 0.2) is 90.2 Å². The Morgan fingerprint density at radius 1 is 1.00 bits per heavy atom. The zero-order valence-electron chi connectivity index (χ0n) is 19.8. The molecule has 0 unspecified atom stereocenters. The largest absolute Gasteiger partial charge is 0.366 e. The third kappa shape index (κ3) is 3.96. The first kappa shape index (κ1) is 22.5. The Kier molecular flexibility index (Phi) is 5.58. The molecule has 182 valence electrons. The van der Waals surface area contributed by atoms with Crippen molar-refractivity contribution in [2.75, 3.05) is 29.9 Å². The molecule has 6 rings (SSSR count). The lowest BCUT2D eigenvalue weighted by Crippen LogP contribution is -2.49. The van der Waals surface area contributed by atoms with Crippen molar-refractivity contribution in [3.63, 3.8) is 0 Å². The average molecular weight is 499 g/mol. The summed E-state index contributed by atoms with van der Waals surface area (Å²) in [7, 11) is -3.87.